The van der Waals surface area contributed by atoms with Crippen LogP contribution < -0.4 is 4.74 Å². The molecule has 0 saturated heterocycles. The lowest BCUT2D eigenvalue weighted by atomic mass is 10.1. The molecule has 1 aromatic heterocycles. The Hall–Kier alpha value is -1.09. The van der Waals surface area contributed by atoms with Crippen molar-refractivity contribution in [3.63, 3.8) is 0 Å². The van der Waals surface area contributed by atoms with Gasteiger partial charge in [0, 0.05) is 11.8 Å². The summed E-state index contributed by atoms with van der Waals surface area (Å²) in [6.45, 7) is 2.04. The van der Waals surface area contributed by atoms with Crippen LogP contribution in [0.1, 0.15) is 18.2 Å². The van der Waals surface area contributed by atoms with Crippen LogP contribution in [0, 0.1) is 0 Å². The highest BCUT2D eigenvalue weighted by Crippen LogP contribution is 2.12. The van der Waals surface area contributed by atoms with E-state index in [1.165, 1.54) is 0 Å². The van der Waals surface area contributed by atoms with Crippen LogP contribution in [0.4, 0.5) is 0 Å². The Balaban J connectivity index is 3.02. The largest absolute Gasteiger partial charge is 0.481 e. The van der Waals surface area contributed by atoms with Gasteiger partial charge in [-0.25, -0.2) is 4.98 Å². The van der Waals surface area contributed by atoms with E-state index in [0.717, 1.165) is 17.7 Å². The quantitative estimate of drug-likeness (QED) is 0.734. The SMILES string of the molecule is CCc1nc(OC)ccc1CO. The lowest BCUT2D eigenvalue weighted by Crippen LogP contribution is -1.98. The van der Waals surface area contributed by atoms with Crippen LogP contribution in [0.25, 0.3) is 0 Å². The molecule has 0 aliphatic rings. The van der Waals surface area contributed by atoms with Gasteiger partial charge in [-0.05, 0) is 18.1 Å². The summed E-state index contributed by atoms with van der Waals surface area (Å²) in [6.07, 6.45) is 0.813. The Morgan fingerprint density at radius 1 is 1.50 bits per heavy atom. The Bertz CT molecular complexity index is 261. The molecular weight excluding hydrogens is 154 g/mol. The van der Waals surface area contributed by atoms with Crippen molar-refractivity contribution in [3.05, 3.63) is 23.4 Å². The molecule has 1 heterocycles. The normalized spacial score (nSPS) is 9.92. The van der Waals surface area contributed by atoms with E-state index in [2.05, 4.69) is 4.98 Å². The summed E-state index contributed by atoms with van der Waals surface area (Å²) in [7, 11) is 1.58. The van der Waals surface area contributed by atoms with Crippen molar-refractivity contribution in [2.45, 2.75) is 20.0 Å². The highest BCUT2D eigenvalue weighted by Gasteiger charge is 2.02. The van der Waals surface area contributed by atoms with Crippen LogP contribution in [0.15, 0.2) is 12.1 Å². The van der Waals surface area contributed by atoms with Crippen LogP contribution in [0.3, 0.4) is 0 Å². The van der Waals surface area contributed by atoms with Crippen LogP contribution in [-0.2, 0) is 13.0 Å². The molecule has 3 nitrogen and oxygen atoms in total. The Kier molecular flexibility index (Phi) is 3.05. The zero-order valence-electron chi connectivity index (χ0n) is 7.37. The van der Waals surface area contributed by atoms with E-state index in [9.17, 15) is 0 Å². The zero-order chi connectivity index (χ0) is 8.97. The van der Waals surface area contributed by atoms with E-state index in [-0.39, 0.29) is 6.61 Å². The van der Waals surface area contributed by atoms with Gasteiger partial charge in [-0.15, -0.1) is 0 Å². The molecule has 0 saturated carbocycles. The maximum atomic E-state index is 8.93. The summed E-state index contributed by atoms with van der Waals surface area (Å²) >= 11 is 0. The van der Waals surface area contributed by atoms with Gasteiger partial charge in [-0.3, -0.25) is 0 Å². The predicted molar refractivity (Wildman–Crippen MR) is 46.1 cm³/mol. The molecule has 0 aromatic carbocycles. The summed E-state index contributed by atoms with van der Waals surface area (Å²) in [4.78, 5) is 4.20. The smallest absolute Gasteiger partial charge is 0.213 e. The second-order valence-electron chi connectivity index (χ2n) is 2.47. The average Bonchev–Trinajstić information content (AvgIpc) is 2.16. The number of methoxy groups -OCH3 is 1. The van der Waals surface area contributed by atoms with E-state index in [1.54, 1.807) is 13.2 Å². The Morgan fingerprint density at radius 2 is 2.25 bits per heavy atom. The molecule has 66 valence electrons. The monoisotopic (exact) mass is 167 g/mol. The highest BCUT2D eigenvalue weighted by molar-refractivity contribution is 5.25. The second kappa shape index (κ2) is 4.07. The zero-order valence-corrected chi connectivity index (χ0v) is 7.37. The van der Waals surface area contributed by atoms with Crippen molar-refractivity contribution in [3.8, 4) is 5.88 Å². The van der Waals surface area contributed by atoms with Gasteiger partial charge < -0.3 is 9.84 Å². The van der Waals surface area contributed by atoms with E-state index >= 15 is 0 Å². The molecule has 1 aromatic rings. The minimum atomic E-state index is 0.0418. The summed E-state index contributed by atoms with van der Waals surface area (Å²) in [6, 6.07) is 3.59. The molecule has 0 atom stereocenters. The topological polar surface area (TPSA) is 42.4 Å². The van der Waals surface area contributed by atoms with Gasteiger partial charge in [0.15, 0.2) is 0 Å². The number of aromatic nitrogens is 1. The second-order valence-corrected chi connectivity index (χ2v) is 2.47. The van der Waals surface area contributed by atoms with Crippen LogP contribution >= 0.6 is 0 Å². The van der Waals surface area contributed by atoms with Crippen LogP contribution in [0.2, 0.25) is 0 Å². The first-order valence-corrected chi connectivity index (χ1v) is 3.95. The fourth-order valence-electron chi connectivity index (χ4n) is 1.07. The minimum Gasteiger partial charge on any atom is -0.481 e. The molecule has 0 radical (unpaired) electrons. The molecular formula is C9H13NO2. The van der Waals surface area contributed by atoms with Crippen molar-refractivity contribution in [1.29, 1.82) is 0 Å². The first kappa shape index (κ1) is 9.00. The number of aliphatic hydroxyl groups excluding tert-OH is 1. The number of pyridine rings is 1. The molecule has 0 fully saturated rings. The van der Waals surface area contributed by atoms with Crippen LogP contribution in [-0.4, -0.2) is 17.2 Å². The Morgan fingerprint density at radius 3 is 2.75 bits per heavy atom. The molecule has 12 heavy (non-hydrogen) atoms. The molecule has 0 unspecified atom stereocenters. The third kappa shape index (κ3) is 1.74. The molecule has 0 aliphatic heterocycles. The first-order chi connectivity index (χ1) is 5.81. The van der Waals surface area contributed by atoms with Gasteiger partial charge in [-0.1, -0.05) is 6.92 Å². The average molecular weight is 167 g/mol. The third-order valence-electron chi connectivity index (χ3n) is 1.76. The standard InChI is InChI=1S/C9H13NO2/c1-3-8-7(6-11)4-5-9(10-8)12-2/h4-5,11H,3,6H2,1-2H3. The summed E-state index contributed by atoms with van der Waals surface area (Å²) < 4.78 is 4.96. The first-order valence-electron chi connectivity index (χ1n) is 3.95. The predicted octanol–water partition coefficient (Wildman–Crippen LogP) is 1.14. The van der Waals surface area contributed by atoms with E-state index in [1.807, 2.05) is 13.0 Å². The van der Waals surface area contributed by atoms with Crippen molar-refractivity contribution < 1.29 is 9.84 Å². The molecule has 3 heteroatoms. The van der Waals surface area contributed by atoms with Gasteiger partial charge in [0.05, 0.1) is 13.7 Å². The van der Waals surface area contributed by atoms with Gasteiger partial charge in [0.2, 0.25) is 5.88 Å². The molecule has 0 amide bonds. The summed E-state index contributed by atoms with van der Waals surface area (Å²) in [5.74, 6) is 0.601. The summed E-state index contributed by atoms with van der Waals surface area (Å²) in [5.41, 5.74) is 1.77. The maximum Gasteiger partial charge on any atom is 0.213 e. The fraction of sp³-hybridized carbons (Fsp3) is 0.444. The minimum absolute atomic E-state index is 0.0418. The molecule has 0 bridgehead atoms. The fourth-order valence-corrected chi connectivity index (χ4v) is 1.07. The van der Waals surface area contributed by atoms with Crippen molar-refractivity contribution >= 4 is 0 Å². The lowest BCUT2D eigenvalue weighted by Gasteiger charge is -2.05. The third-order valence-corrected chi connectivity index (χ3v) is 1.76. The van der Waals surface area contributed by atoms with E-state index in [4.69, 9.17) is 9.84 Å². The van der Waals surface area contributed by atoms with Crippen molar-refractivity contribution in [2.24, 2.45) is 0 Å². The molecule has 1 N–H and O–H groups in total. The van der Waals surface area contributed by atoms with Gasteiger partial charge in [-0.2, -0.15) is 0 Å². The van der Waals surface area contributed by atoms with Crippen molar-refractivity contribution in [1.82, 2.24) is 4.98 Å². The number of aryl methyl sites for hydroxylation is 1. The lowest BCUT2D eigenvalue weighted by molar-refractivity contribution is 0.279. The number of hydrogen-bond donors (Lipinski definition) is 1. The maximum absolute atomic E-state index is 8.93. The number of rotatable bonds is 3. The highest BCUT2D eigenvalue weighted by atomic mass is 16.5. The Labute approximate surface area is 72.0 Å². The van der Waals surface area contributed by atoms with E-state index < -0.39 is 0 Å². The van der Waals surface area contributed by atoms with Gasteiger partial charge >= 0.3 is 0 Å². The number of hydrogen-bond acceptors (Lipinski definition) is 3. The van der Waals surface area contributed by atoms with E-state index in [0.29, 0.717) is 5.88 Å². The summed E-state index contributed by atoms with van der Waals surface area (Å²) in [5, 5.41) is 8.93. The van der Waals surface area contributed by atoms with Crippen molar-refractivity contribution in [2.75, 3.05) is 7.11 Å². The van der Waals surface area contributed by atoms with Gasteiger partial charge in [0.1, 0.15) is 0 Å². The molecule has 0 aliphatic carbocycles. The molecule has 0 spiro atoms. The molecule has 1 rings (SSSR count). The van der Waals surface area contributed by atoms with Gasteiger partial charge in [0.25, 0.3) is 0 Å². The number of aliphatic hydroxyl groups is 1. The van der Waals surface area contributed by atoms with Crippen LogP contribution in [0.5, 0.6) is 5.88 Å². The number of nitrogens with zero attached hydrogens (tertiary/aromatic N) is 1. The number of ether oxygens (including phenoxy) is 1.